The van der Waals surface area contributed by atoms with E-state index >= 15 is 4.39 Å². The van der Waals surface area contributed by atoms with E-state index < -0.39 is 53.0 Å². The van der Waals surface area contributed by atoms with Crippen molar-refractivity contribution in [3.05, 3.63) is 109 Å². The van der Waals surface area contributed by atoms with Gasteiger partial charge in [-0.25, -0.2) is 27.3 Å². The van der Waals surface area contributed by atoms with Gasteiger partial charge in [0.2, 0.25) is 5.89 Å². The zero-order chi connectivity index (χ0) is 30.6. The molecule has 0 atom stereocenters. The van der Waals surface area contributed by atoms with E-state index in [0.717, 1.165) is 10.6 Å². The van der Waals surface area contributed by atoms with E-state index in [2.05, 4.69) is 20.3 Å². The first kappa shape index (κ1) is 27.8. The minimum absolute atomic E-state index is 0.0555. The molecule has 0 saturated carbocycles. The number of hydrogen-bond donors (Lipinski definition) is 1. The van der Waals surface area contributed by atoms with Crippen LogP contribution in [0.4, 0.5) is 23.6 Å². The van der Waals surface area contributed by atoms with Gasteiger partial charge in [-0.2, -0.15) is 5.10 Å². The summed E-state index contributed by atoms with van der Waals surface area (Å²) < 4.78 is 65.9. The molecule has 3 aromatic carbocycles. The molecule has 0 aliphatic carbocycles. The second-order valence-electron chi connectivity index (χ2n) is 9.46. The number of benzene rings is 3. The molecule has 0 amide bonds. The van der Waals surface area contributed by atoms with E-state index in [9.17, 15) is 22.8 Å². The van der Waals surface area contributed by atoms with Gasteiger partial charge in [0.15, 0.2) is 23.3 Å². The van der Waals surface area contributed by atoms with Crippen LogP contribution in [0.3, 0.4) is 0 Å². The molecule has 0 aliphatic heterocycles. The zero-order valence-electron chi connectivity index (χ0n) is 21.9. The SMILES string of the molecule is Cn1cnc(Cn2c(=O)c3c(F)cc(-c4cc(-c5nnc(N)o5)ccc4Cl)cc3n(Cc3cc(F)c(F)c(F)c3)c2=O)n1. The standard InChI is InChI=1S/C27H17ClF4N8O3/c1-38-11-34-21(37-38)10-40-25(41)22-17(29)7-14(15-6-13(2-3-16(15)28)24-35-36-26(33)43-24)8-20(22)39(27(40)42)9-12-4-18(30)23(32)19(31)5-12/h2-8,11H,9-10H2,1H3,(H2,33,36). The summed E-state index contributed by atoms with van der Waals surface area (Å²) in [6.45, 7) is -0.986. The molecule has 6 aromatic rings. The molecule has 0 aliphatic rings. The molecule has 0 fully saturated rings. The summed E-state index contributed by atoms with van der Waals surface area (Å²) in [5, 5.41) is 11.2. The maximum atomic E-state index is 15.9. The highest BCUT2D eigenvalue weighted by Crippen LogP contribution is 2.34. The lowest BCUT2D eigenvalue weighted by Crippen LogP contribution is -2.41. The second-order valence-corrected chi connectivity index (χ2v) is 9.87. The Balaban J connectivity index is 1.60. The number of rotatable bonds is 6. The van der Waals surface area contributed by atoms with Gasteiger partial charge in [0.1, 0.15) is 12.1 Å². The molecule has 0 bridgehead atoms. The zero-order valence-corrected chi connectivity index (χ0v) is 22.6. The summed E-state index contributed by atoms with van der Waals surface area (Å²) in [7, 11) is 1.57. The highest BCUT2D eigenvalue weighted by Gasteiger charge is 2.22. The van der Waals surface area contributed by atoms with Crippen LogP contribution in [0.15, 0.2) is 62.8 Å². The summed E-state index contributed by atoms with van der Waals surface area (Å²) >= 11 is 6.44. The van der Waals surface area contributed by atoms with Crippen molar-refractivity contribution in [1.82, 2.24) is 34.1 Å². The summed E-state index contributed by atoms with van der Waals surface area (Å²) in [6.07, 6.45) is 1.34. The highest BCUT2D eigenvalue weighted by atomic mass is 35.5. The fraction of sp³-hybridized carbons (Fsp3) is 0.111. The molecule has 11 nitrogen and oxygen atoms in total. The number of aryl methyl sites for hydroxylation is 1. The van der Waals surface area contributed by atoms with Crippen molar-refractivity contribution in [3.8, 4) is 22.6 Å². The summed E-state index contributed by atoms with van der Waals surface area (Å²) in [4.78, 5) is 31.3. The number of anilines is 1. The van der Waals surface area contributed by atoms with E-state index in [1.807, 2.05) is 0 Å². The number of nitrogens with zero attached hydrogens (tertiary/aromatic N) is 7. The summed E-state index contributed by atoms with van der Waals surface area (Å²) in [6, 6.07) is 8.15. The average Bonchev–Trinajstić information content (AvgIpc) is 3.59. The Labute approximate surface area is 242 Å². The lowest BCUT2D eigenvalue weighted by Gasteiger charge is -2.16. The minimum Gasteiger partial charge on any atom is -0.404 e. The molecular formula is C27H17ClF4N8O3. The van der Waals surface area contributed by atoms with Crippen LogP contribution >= 0.6 is 11.6 Å². The lowest BCUT2D eigenvalue weighted by molar-refractivity contribution is 0.444. The quantitative estimate of drug-likeness (QED) is 0.221. The van der Waals surface area contributed by atoms with Crippen molar-refractivity contribution >= 4 is 28.5 Å². The molecule has 0 spiro atoms. The fourth-order valence-corrected chi connectivity index (χ4v) is 4.87. The van der Waals surface area contributed by atoms with Crippen LogP contribution in [0, 0.1) is 23.3 Å². The molecule has 0 unspecified atom stereocenters. The van der Waals surface area contributed by atoms with Gasteiger partial charge in [-0.15, -0.1) is 5.10 Å². The van der Waals surface area contributed by atoms with Crippen LogP contribution in [0.2, 0.25) is 5.02 Å². The van der Waals surface area contributed by atoms with Crippen LogP contribution in [0.5, 0.6) is 0 Å². The topological polar surface area (TPSA) is 140 Å². The van der Waals surface area contributed by atoms with Crippen molar-refractivity contribution in [1.29, 1.82) is 0 Å². The molecule has 2 N–H and O–H groups in total. The Hall–Kier alpha value is -5.31. The van der Waals surface area contributed by atoms with Crippen molar-refractivity contribution in [2.24, 2.45) is 7.05 Å². The second kappa shape index (κ2) is 10.5. The minimum atomic E-state index is -1.70. The van der Waals surface area contributed by atoms with E-state index in [0.29, 0.717) is 22.3 Å². The van der Waals surface area contributed by atoms with Crippen LogP contribution < -0.4 is 17.0 Å². The maximum Gasteiger partial charge on any atom is 0.332 e. The van der Waals surface area contributed by atoms with Crippen molar-refractivity contribution in [3.63, 3.8) is 0 Å². The third-order valence-electron chi connectivity index (χ3n) is 6.58. The van der Waals surface area contributed by atoms with Crippen molar-refractivity contribution in [2.75, 3.05) is 5.73 Å². The molecule has 3 aromatic heterocycles. The van der Waals surface area contributed by atoms with Crippen molar-refractivity contribution in [2.45, 2.75) is 13.1 Å². The number of nitrogens with two attached hydrogens (primary N) is 1. The largest absolute Gasteiger partial charge is 0.404 e. The number of aromatic nitrogens is 7. The first-order valence-corrected chi connectivity index (χ1v) is 12.7. The maximum absolute atomic E-state index is 15.9. The molecule has 43 heavy (non-hydrogen) atoms. The first-order valence-electron chi connectivity index (χ1n) is 12.3. The molecular weight excluding hydrogens is 596 g/mol. The first-order chi connectivity index (χ1) is 20.5. The summed E-state index contributed by atoms with van der Waals surface area (Å²) in [5.41, 5.74) is 3.96. The third-order valence-corrected chi connectivity index (χ3v) is 6.91. The van der Waals surface area contributed by atoms with Gasteiger partial charge in [0.05, 0.1) is 24.0 Å². The Morgan fingerprint density at radius 2 is 1.65 bits per heavy atom. The Morgan fingerprint density at radius 1 is 0.907 bits per heavy atom. The molecule has 0 radical (unpaired) electrons. The average molecular weight is 613 g/mol. The van der Waals surface area contributed by atoms with Gasteiger partial charge in [-0.05, 0) is 53.6 Å². The molecule has 6 rings (SSSR count). The van der Waals surface area contributed by atoms with E-state index in [4.69, 9.17) is 21.8 Å². The predicted molar refractivity (Wildman–Crippen MR) is 146 cm³/mol. The van der Waals surface area contributed by atoms with Crippen LogP contribution in [0.1, 0.15) is 11.4 Å². The smallest absolute Gasteiger partial charge is 0.332 e. The molecule has 16 heteroatoms. The van der Waals surface area contributed by atoms with Gasteiger partial charge in [0.25, 0.3) is 5.56 Å². The van der Waals surface area contributed by atoms with Gasteiger partial charge in [-0.3, -0.25) is 18.6 Å². The highest BCUT2D eigenvalue weighted by molar-refractivity contribution is 6.33. The van der Waals surface area contributed by atoms with Crippen LogP contribution in [-0.4, -0.2) is 34.1 Å². The summed E-state index contributed by atoms with van der Waals surface area (Å²) in [5.74, 6) is -5.56. The van der Waals surface area contributed by atoms with Gasteiger partial charge in [-0.1, -0.05) is 16.7 Å². The monoisotopic (exact) mass is 612 g/mol. The van der Waals surface area contributed by atoms with Crippen LogP contribution in [0.25, 0.3) is 33.5 Å². The number of nitrogen functional groups attached to an aromatic ring is 1. The Morgan fingerprint density at radius 3 is 2.30 bits per heavy atom. The fourth-order valence-electron chi connectivity index (χ4n) is 4.65. The van der Waals surface area contributed by atoms with Crippen molar-refractivity contribution < 1.29 is 22.0 Å². The van der Waals surface area contributed by atoms with E-state index in [1.54, 1.807) is 13.1 Å². The van der Waals surface area contributed by atoms with E-state index in [-0.39, 0.29) is 45.0 Å². The van der Waals surface area contributed by atoms with Crippen LogP contribution in [-0.2, 0) is 20.1 Å². The molecule has 218 valence electrons. The Kier molecular flexibility index (Phi) is 6.80. The van der Waals surface area contributed by atoms with Gasteiger partial charge in [0, 0.05) is 23.2 Å². The van der Waals surface area contributed by atoms with Gasteiger partial charge < -0.3 is 10.2 Å². The normalized spacial score (nSPS) is 11.5. The van der Waals surface area contributed by atoms with E-state index in [1.165, 1.54) is 29.2 Å². The molecule has 3 heterocycles. The third kappa shape index (κ3) is 5.03. The Bertz CT molecular complexity index is 2170. The predicted octanol–water partition coefficient (Wildman–Crippen LogP) is 3.90. The molecule has 0 saturated heterocycles. The number of fused-ring (bicyclic) bond motifs is 1. The van der Waals surface area contributed by atoms with Gasteiger partial charge >= 0.3 is 11.7 Å². The lowest BCUT2D eigenvalue weighted by atomic mass is 10.0. The number of halogens is 5. The number of hydrogen-bond acceptors (Lipinski definition) is 8.